The zero-order valence-electron chi connectivity index (χ0n) is 14.9. The Balaban J connectivity index is 1.68. The molecule has 2 amide bonds. The van der Waals surface area contributed by atoms with Gasteiger partial charge in [0.05, 0.1) is 19.3 Å². The molecule has 1 aromatic rings. The van der Waals surface area contributed by atoms with Gasteiger partial charge in [-0.15, -0.1) is 0 Å². The van der Waals surface area contributed by atoms with Crippen molar-refractivity contribution in [2.75, 3.05) is 51.3 Å². The summed E-state index contributed by atoms with van der Waals surface area (Å²) in [5.74, 6) is 0.999. The van der Waals surface area contributed by atoms with E-state index in [1.165, 1.54) is 0 Å². The van der Waals surface area contributed by atoms with Crippen molar-refractivity contribution < 1.29 is 9.53 Å². The number of aryl methyl sites for hydroxylation is 1. The van der Waals surface area contributed by atoms with Crippen molar-refractivity contribution in [3.05, 3.63) is 17.6 Å². The predicted octanol–water partition coefficient (Wildman–Crippen LogP) is 1.45. The molecule has 0 N–H and O–H groups in total. The van der Waals surface area contributed by atoms with E-state index in [1.807, 2.05) is 23.8 Å². The molecule has 2 saturated heterocycles. The van der Waals surface area contributed by atoms with Crippen molar-refractivity contribution in [2.45, 2.75) is 32.7 Å². The van der Waals surface area contributed by atoms with Gasteiger partial charge in [-0.05, 0) is 26.7 Å². The highest BCUT2D eigenvalue weighted by Crippen LogP contribution is 2.24. The van der Waals surface area contributed by atoms with Crippen LogP contribution in [0, 0.1) is 13.8 Å². The number of carbonyl (C=O) groups excluding carboxylic acids is 1. The molecule has 1 unspecified atom stereocenters. The van der Waals surface area contributed by atoms with Crippen LogP contribution in [0.2, 0.25) is 0 Å². The lowest BCUT2D eigenvalue weighted by Gasteiger charge is -2.41. The largest absolute Gasteiger partial charge is 0.378 e. The highest BCUT2D eigenvalue weighted by molar-refractivity contribution is 5.74. The Kier molecular flexibility index (Phi) is 5.18. The Labute approximate surface area is 143 Å². The molecule has 0 bridgehead atoms. The Morgan fingerprint density at radius 2 is 2.00 bits per heavy atom. The molecule has 1 atom stereocenters. The van der Waals surface area contributed by atoms with E-state index < -0.39 is 0 Å². The summed E-state index contributed by atoms with van der Waals surface area (Å²) in [6, 6.07) is 0.324. The van der Waals surface area contributed by atoms with E-state index in [0.29, 0.717) is 26.3 Å². The number of rotatable bonds is 2. The van der Waals surface area contributed by atoms with Gasteiger partial charge in [0.25, 0.3) is 0 Å². The number of anilines is 1. The highest BCUT2D eigenvalue weighted by atomic mass is 16.5. The number of amides is 2. The second-order valence-corrected chi connectivity index (χ2v) is 6.64. The van der Waals surface area contributed by atoms with E-state index in [4.69, 9.17) is 4.74 Å². The number of piperidine rings is 1. The first-order valence-electron chi connectivity index (χ1n) is 8.70. The van der Waals surface area contributed by atoms with Gasteiger partial charge < -0.3 is 19.4 Å². The van der Waals surface area contributed by atoms with Crippen molar-refractivity contribution in [1.82, 2.24) is 19.8 Å². The fraction of sp³-hybridized carbons (Fsp3) is 0.706. The van der Waals surface area contributed by atoms with Crippen LogP contribution in [0.5, 0.6) is 0 Å². The lowest BCUT2D eigenvalue weighted by molar-refractivity contribution is 0.0414. The molecule has 2 aliphatic heterocycles. The first kappa shape index (κ1) is 17.0. The fourth-order valence-corrected chi connectivity index (χ4v) is 3.44. The SMILES string of the molecule is Cc1ncnc(N2CCCC(N(C)C(=O)N3CCOCC3)C2)c1C. The molecule has 0 spiro atoms. The Bertz CT molecular complexity index is 588. The molecule has 3 heterocycles. The molecular formula is C17H27N5O2. The van der Waals surface area contributed by atoms with Gasteiger partial charge in [0.1, 0.15) is 12.1 Å². The van der Waals surface area contributed by atoms with Crippen LogP contribution in [0.15, 0.2) is 6.33 Å². The van der Waals surface area contributed by atoms with E-state index in [1.54, 1.807) is 6.33 Å². The van der Waals surface area contributed by atoms with E-state index in [0.717, 1.165) is 43.0 Å². The van der Waals surface area contributed by atoms with E-state index in [-0.39, 0.29) is 12.1 Å². The summed E-state index contributed by atoms with van der Waals surface area (Å²) in [7, 11) is 1.92. The average Bonchev–Trinajstić information content (AvgIpc) is 2.63. The smallest absolute Gasteiger partial charge is 0.320 e. The summed E-state index contributed by atoms with van der Waals surface area (Å²) in [4.78, 5) is 27.5. The maximum atomic E-state index is 12.7. The number of carbonyl (C=O) groups is 1. The minimum atomic E-state index is 0.112. The van der Waals surface area contributed by atoms with Crippen LogP contribution in [0.1, 0.15) is 24.1 Å². The first-order valence-corrected chi connectivity index (χ1v) is 8.70. The molecule has 0 aromatic carbocycles. The van der Waals surface area contributed by atoms with Crippen molar-refractivity contribution in [3.8, 4) is 0 Å². The van der Waals surface area contributed by atoms with Crippen LogP contribution in [0.25, 0.3) is 0 Å². The summed E-state index contributed by atoms with van der Waals surface area (Å²) in [6.07, 6.45) is 3.73. The third-order valence-electron chi connectivity index (χ3n) is 5.14. The Hall–Kier alpha value is -1.89. The summed E-state index contributed by atoms with van der Waals surface area (Å²) < 4.78 is 5.34. The second-order valence-electron chi connectivity index (χ2n) is 6.64. The molecule has 1 aromatic heterocycles. The monoisotopic (exact) mass is 333 g/mol. The fourth-order valence-electron chi connectivity index (χ4n) is 3.44. The van der Waals surface area contributed by atoms with Crippen molar-refractivity contribution >= 4 is 11.8 Å². The zero-order chi connectivity index (χ0) is 17.1. The average molecular weight is 333 g/mol. The third kappa shape index (κ3) is 3.45. The minimum Gasteiger partial charge on any atom is -0.378 e. The van der Waals surface area contributed by atoms with Crippen LogP contribution in [-0.4, -0.2) is 78.3 Å². The molecule has 7 heteroatoms. The van der Waals surface area contributed by atoms with E-state index in [9.17, 15) is 4.79 Å². The lowest BCUT2D eigenvalue weighted by atomic mass is 10.0. The maximum absolute atomic E-state index is 12.7. The van der Waals surface area contributed by atoms with Crippen LogP contribution in [0.3, 0.4) is 0 Å². The number of nitrogens with zero attached hydrogens (tertiary/aromatic N) is 5. The molecular weight excluding hydrogens is 306 g/mol. The highest BCUT2D eigenvalue weighted by Gasteiger charge is 2.30. The molecule has 0 radical (unpaired) electrons. The molecule has 3 rings (SSSR count). The zero-order valence-corrected chi connectivity index (χ0v) is 14.9. The van der Waals surface area contributed by atoms with Crippen molar-refractivity contribution in [3.63, 3.8) is 0 Å². The minimum absolute atomic E-state index is 0.112. The van der Waals surface area contributed by atoms with Gasteiger partial charge in [0.15, 0.2) is 0 Å². The third-order valence-corrected chi connectivity index (χ3v) is 5.14. The number of morpholine rings is 1. The van der Waals surface area contributed by atoms with Gasteiger partial charge >= 0.3 is 6.03 Å². The van der Waals surface area contributed by atoms with E-state index in [2.05, 4.69) is 21.8 Å². The molecule has 0 saturated carbocycles. The summed E-state index contributed by atoms with van der Waals surface area (Å²) in [5, 5.41) is 0. The number of likely N-dealkylation sites (N-methyl/N-ethyl adjacent to an activating group) is 1. The van der Waals surface area contributed by atoms with Crippen LogP contribution in [0.4, 0.5) is 10.6 Å². The van der Waals surface area contributed by atoms with Gasteiger partial charge in [-0.2, -0.15) is 0 Å². The van der Waals surface area contributed by atoms with Gasteiger partial charge in [0.2, 0.25) is 0 Å². The molecule has 2 fully saturated rings. The van der Waals surface area contributed by atoms with Gasteiger partial charge in [-0.25, -0.2) is 14.8 Å². The first-order chi connectivity index (χ1) is 11.6. The molecule has 0 aliphatic carbocycles. The number of hydrogen-bond donors (Lipinski definition) is 0. The molecule has 24 heavy (non-hydrogen) atoms. The summed E-state index contributed by atoms with van der Waals surface area (Å²) >= 11 is 0. The molecule has 132 valence electrons. The number of ether oxygens (including phenoxy) is 1. The van der Waals surface area contributed by atoms with Gasteiger partial charge in [-0.1, -0.05) is 0 Å². The number of aromatic nitrogens is 2. The van der Waals surface area contributed by atoms with Crippen molar-refractivity contribution in [1.29, 1.82) is 0 Å². The predicted molar refractivity (Wildman–Crippen MR) is 92.3 cm³/mol. The Morgan fingerprint density at radius 1 is 1.25 bits per heavy atom. The topological polar surface area (TPSA) is 61.8 Å². The standard InChI is InChI=1S/C17H27N5O2/c1-13-14(2)18-12-19-16(13)22-6-4-5-15(11-22)20(3)17(23)21-7-9-24-10-8-21/h12,15H,4-11H2,1-3H3. The number of urea groups is 1. The van der Waals surface area contributed by atoms with Gasteiger partial charge in [-0.3, -0.25) is 0 Å². The Morgan fingerprint density at radius 3 is 2.75 bits per heavy atom. The van der Waals surface area contributed by atoms with Crippen molar-refractivity contribution in [2.24, 2.45) is 0 Å². The molecule has 7 nitrogen and oxygen atoms in total. The quantitative estimate of drug-likeness (QED) is 0.820. The maximum Gasteiger partial charge on any atom is 0.320 e. The van der Waals surface area contributed by atoms with Crippen LogP contribution in [-0.2, 0) is 4.74 Å². The normalized spacial score (nSPS) is 21.7. The van der Waals surface area contributed by atoms with Crippen LogP contribution < -0.4 is 4.90 Å². The summed E-state index contributed by atoms with van der Waals surface area (Å²) in [5.41, 5.74) is 2.14. The summed E-state index contributed by atoms with van der Waals surface area (Å²) in [6.45, 7) is 8.52. The van der Waals surface area contributed by atoms with E-state index >= 15 is 0 Å². The van der Waals surface area contributed by atoms with Gasteiger partial charge in [0, 0.05) is 44.5 Å². The molecule has 2 aliphatic rings. The van der Waals surface area contributed by atoms with Crippen LogP contribution >= 0.6 is 0 Å². The lowest BCUT2D eigenvalue weighted by Crippen LogP contribution is -2.54. The number of hydrogen-bond acceptors (Lipinski definition) is 5. The second kappa shape index (κ2) is 7.34.